The highest BCUT2D eigenvalue weighted by atomic mass is 32.2. The molecule has 0 amide bonds. The number of sulfonamides is 1. The van der Waals surface area contributed by atoms with E-state index in [2.05, 4.69) is 10.0 Å². The predicted octanol–water partition coefficient (Wildman–Crippen LogP) is 1.51. The van der Waals surface area contributed by atoms with E-state index in [1.165, 1.54) is 0 Å². The van der Waals surface area contributed by atoms with Gasteiger partial charge in [-0.15, -0.1) is 0 Å². The lowest BCUT2D eigenvalue weighted by atomic mass is 9.83. The molecule has 2 N–H and O–H groups in total. The number of piperidine rings is 1. The summed E-state index contributed by atoms with van der Waals surface area (Å²) in [7, 11) is -3.23. The van der Waals surface area contributed by atoms with Gasteiger partial charge in [0.1, 0.15) is 11.4 Å². The number of benzene rings is 1. The molecule has 2 aliphatic rings. The number of rotatable bonds is 2. The van der Waals surface area contributed by atoms with E-state index >= 15 is 0 Å². The highest BCUT2D eigenvalue weighted by Crippen LogP contribution is 2.39. The largest absolute Gasteiger partial charge is 0.487 e. The van der Waals surface area contributed by atoms with Crippen molar-refractivity contribution in [2.45, 2.75) is 31.3 Å². The van der Waals surface area contributed by atoms with Gasteiger partial charge in [-0.2, -0.15) is 0 Å². The Morgan fingerprint density at radius 2 is 2.00 bits per heavy atom. The molecule has 0 aliphatic carbocycles. The van der Waals surface area contributed by atoms with E-state index in [4.69, 9.17) is 4.74 Å². The van der Waals surface area contributed by atoms with Gasteiger partial charge in [0.25, 0.3) is 0 Å². The van der Waals surface area contributed by atoms with E-state index in [1.54, 1.807) is 6.07 Å². The van der Waals surface area contributed by atoms with Gasteiger partial charge in [0, 0.05) is 5.69 Å². The molecule has 6 heteroatoms. The van der Waals surface area contributed by atoms with E-state index < -0.39 is 10.0 Å². The van der Waals surface area contributed by atoms with Crippen LogP contribution in [0.25, 0.3) is 0 Å². The summed E-state index contributed by atoms with van der Waals surface area (Å²) in [6, 6.07) is 5.52. The first-order chi connectivity index (χ1) is 9.46. The summed E-state index contributed by atoms with van der Waals surface area (Å²) in [6.45, 7) is 2.01. The molecule has 0 aromatic heterocycles. The minimum atomic E-state index is -3.23. The second-order valence-electron chi connectivity index (χ2n) is 5.73. The van der Waals surface area contributed by atoms with Crippen molar-refractivity contribution >= 4 is 15.7 Å². The third-order valence-electron chi connectivity index (χ3n) is 4.05. The fraction of sp³-hybridized carbons (Fsp3) is 0.571. The topological polar surface area (TPSA) is 67.4 Å². The summed E-state index contributed by atoms with van der Waals surface area (Å²) in [5, 5.41) is 3.36. The zero-order valence-electron chi connectivity index (χ0n) is 11.6. The molecular formula is C14H20N2O3S. The maximum atomic E-state index is 11.3. The molecule has 1 saturated heterocycles. The van der Waals surface area contributed by atoms with Gasteiger partial charge < -0.3 is 10.1 Å². The van der Waals surface area contributed by atoms with E-state index in [0.29, 0.717) is 5.69 Å². The Morgan fingerprint density at radius 1 is 1.25 bits per heavy atom. The summed E-state index contributed by atoms with van der Waals surface area (Å²) in [6.07, 6.45) is 5.18. The Kier molecular flexibility index (Phi) is 3.38. The highest BCUT2D eigenvalue weighted by molar-refractivity contribution is 7.92. The van der Waals surface area contributed by atoms with Crippen LogP contribution in [0.1, 0.15) is 24.8 Å². The Hall–Kier alpha value is -1.27. The van der Waals surface area contributed by atoms with E-state index in [9.17, 15) is 8.42 Å². The Bertz CT molecular complexity index is 607. The minimum Gasteiger partial charge on any atom is -0.487 e. The van der Waals surface area contributed by atoms with Crippen molar-refractivity contribution in [3.8, 4) is 5.75 Å². The van der Waals surface area contributed by atoms with Crippen LogP contribution in [-0.4, -0.2) is 33.4 Å². The molecule has 1 spiro atoms. The molecule has 3 rings (SSSR count). The molecule has 1 aromatic rings. The quantitative estimate of drug-likeness (QED) is 0.868. The Balaban J connectivity index is 1.81. The lowest BCUT2D eigenvalue weighted by molar-refractivity contribution is 0.0170. The number of aryl methyl sites for hydroxylation is 1. The fourth-order valence-corrected chi connectivity index (χ4v) is 3.59. The third-order valence-corrected chi connectivity index (χ3v) is 4.66. The lowest BCUT2D eigenvalue weighted by Gasteiger charge is -2.41. The van der Waals surface area contributed by atoms with Crippen molar-refractivity contribution in [1.29, 1.82) is 0 Å². The molecule has 0 radical (unpaired) electrons. The molecule has 2 heterocycles. The standard InChI is InChI=1S/C14H20N2O3S/c1-20(17,18)16-12-2-3-13-11(10-12)4-5-14(19-13)6-8-15-9-7-14/h2-3,10,15-16H,4-9H2,1H3. The van der Waals surface area contributed by atoms with Crippen LogP contribution in [0.2, 0.25) is 0 Å². The normalized spacial score (nSPS) is 21.1. The molecule has 0 atom stereocenters. The summed E-state index contributed by atoms with van der Waals surface area (Å²) in [4.78, 5) is 0. The minimum absolute atomic E-state index is 0.0238. The van der Waals surface area contributed by atoms with Gasteiger partial charge in [0.05, 0.1) is 6.26 Å². The lowest BCUT2D eigenvalue weighted by Crippen LogP contribution is -2.48. The number of ether oxygens (including phenoxy) is 1. The summed E-state index contributed by atoms with van der Waals surface area (Å²) in [5.41, 5.74) is 1.67. The molecule has 0 bridgehead atoms. The maximum absolute atomic E-state index is 11.3. The van der Waals surface area contributed by atoms with Crippen LogP contribution in [0.5, 0.6) is 5.75 Å². The second-order valence-corrected chi connectivity index (χ2v) is 7.48. The molecule has 110 valence electrons. The van der Waals surface area contributed by atoms with Crippen LogP contribution < -0.4 is 14.8 Å². The SMILES string of the molecule is CS(=O)(=O)Nc1ccc2c(c1)CCC1(CCNCC1)O2. The van der Waals surface area contributed by atoms with Crippen LogP contribution >= 0.6 is 0 Å². The van der Waals surface area contributed by atoms with Gasteiger partial charge >= 0.3 is 0 Å². The first-order valence-electron chi connectivity index (χ1n) is 6.96. The Labute approximate surface area is 119 Å². The van der Waals surface area contributed by atoms with Gasteiger partial charge in [0.15, 0.2) is 0 Å². The molecule has 2 aliphatic heterocycles. The van der Waals surface area contributed by atoms with Gasteiger partial charge in [-0.3, -0.25) is 4.72 Å². The first-order valence-corrected chi connectivity index (χ1v) is 8.85. The van der Waals surface area contributed by atoms with E-state index in [-0.39, 0.29) is 5.60 Å². The average molecular weight is 296 g/mol. The monoisotopic (exact) mass is 296 g/mol. The molecule has 1 fully saturated rings. The van der Waals surface area contributed by atoms with Crippen molar-refractivity contribution in [3.05, 3.63) is 23.8 Å². The maximum Gasteiger partial charge on any atom is 0.229 e. The Morgan fingerprint density at radius 3 is 2.70 bits per heavy atom. The average Bonchev–Trinajstić information content (AvgIpc) is 2.38. The van der Waals surface area contributed by atoms with Crippen molar-refractivity contribution in [2.75, 3.05) is 24.1 Å². The van der Waals surface area contributed by atoms with Crippen LogP contribution in [0.15, 0.2) is 18.2 Å². The number of anilines is 1. The van der Waals surface area contributed by atoms with Gasteiger partial charge in [0.2, 0.25) is 10.0 Å². The van der Waals surface area contributed by atoms with Crippen molar-refractivity contribution < 1.29 is 13.2 Å². The fourth-order valence-electron chi connectivity index (χ4n) is 3.03. The third kappa shape index (κ3) is 2.91. The van der Waals surface area contributed by atoms with Crippen LogP contribution in [0.3, 0.4) is 0 Å². The van der Waals surface area contributed by atoms with Gasteiger partial charge in [-0.05, 0) is 62.5 Å². The molecule has 0 unspecified atom stereocenters. The van der Waals surface area contributed by atoms with E-state index in [1.807, 2.05) is 12.1 Å². The number of hydrogen-bond donors (Lipinski definition) is 2. The smallest absolute Gasteiger partial charge is 0.229 e. The van der Waals surface area contributed by atoms with Crippen LogP contribution in [0, 0.1) is 0 Å². The molecule has 5 nitrogen and oxygen atoms in total. The van der Waals surface area contributed by atoms with Gasteiger partial charge in [-0.25, -0.2) is 8.42 Å². The number of nitrogens with one attached hydrogen (secondary N) is 2. The van der Waals surface area contributed by atoms with E-state index in [0.717, 1.165) is 56.3 Å². The summed E-state index contributed by atoms with van der Waals surface area (Å²) < 4.78 is 31.3. The first kappa shape index (κ1) is 13.7. The molecule has 20 heavy (non-hydrogen) atoms. The zero-order chi connectivity index (χ0) is 14.2. The van der Waals surface area contributed by atoms with Gasteiger partial charge in [-0.1, -0.05) is 0 Å². The van der Waals surface area contributed by atoms with Crippen molar-refractivity contribution in [1.82, 2.24) is 5.32 Å². The number of fused-ring (bicyclic) bond motifs is 1. The molecule has 0 saturated carbocycles. The summed E-state index contributed by atoms with van der Waals surface area (Å²) >= 11 is 0. The molecule has 1 aromatic carbocycles. The summed E-state index contributed by atoms with van der Waals surface area (Å²) in [5.74, 6) is 0.900. The zero-order valence-corrected chi connectivity index (χ0v) is 12.4. The highest BCUT2D eigenvalue weighted by Gasteiger charge is 2.37. The van der Waals surface area contributed by atoms with Crippen molar-refractivity contribution in [3.63, 3.8) is 0 Å². The molecular weight excluding hydrogens is 276 g/mol. The number of hydrogen-bond acceptors (Lipinski definition) is 4. The second kappa shape index (κ2) is 4.93. The van der Waals surface area contributed by atoms with Crippen LogP contribution in [0.4, 0.5) is 5.69 Å². The van der Waals surface area contributed by atoms with Crippen LogP contribution in [-0.2, 0) is 16.4 Å². The predicted molar refractivity (Wildman–Crippen MR) is 78.7 cm³/mol. The van der Waals surface area contributed by atoms with Crippen molar-refractivity contribution in [2.24, 2.45) is 0 Å².